The Hall–Kier alpha value is -0.250. The molecular formula is C10H18F3N. The predicted octanol–water partition coefficient (Wildman–Crippen LogP) is 3.06. The smallest absolute Gasteiger partial charge is 0.295 e. The van der Waals surface area contributed by atoms with E-state index in [1.807, 2.05) is 0 Å². The second kappa shape index (κ2) is 4.51. The van der Waals surface area contributed by atoms with Crippen LogP contribution in [-0.2, 0) is 0 Å². The van der Waals surface area contributed by atoms with E-state index in [2.05, 4.69) is 6.92 Å². The first-order chi connectivity index (χ1) is 6.38. The van der Waals surface area contributed by atoms with Crippen molar-refractivity contribution in [3.05, 3.63) is 0 Å². The number of hydrogen-bond donors (Lipinski definition) is 0. The summed E-state index contributed by atoms with van der Waals surface area (Å²) in [6.07, 6.45) is -0.112. The van der Waals surface area contributed by atoms with Crippen molar-refractivity contribution < 1.29 is 13.2 Å². The lowest BCUT2D eigenvalue weighted by atomic mass is 9.87. The third-order valence-electron chi connectivity index (χ3n) is 3.04. The van der Waals surface area contributed by atoms with Crippen LogP contribution in [0.3, 0.4) is 0 Å². The molecule has 0 N–H and O–H groups in total. The highest BCUT2D eigenvalue weighted by molar-refractivity contribution is 4.77. The minimum atomic E-state index is -4.06. The van der Waals surface area contributed by atoms with Gasteiger partial charge in [0.1, 0.15) is 0 Å². The van der Waals surface area contributed by atoms with Crippen LogP contribution in [0.25, 0.3) is 0 Å². The zero-order chi connectivity index (χ0) is 10.8. The van der Waals surface area contributed by atoms with Crippen molar-refractivity contribution in [2.45, 2.75) is 44.8 Å². The molecule has 0 aromatic carbocycles. The Labute approximate surface area is 83.3 Å². The third kappa shape index (κ3) is 3.86. The maximum absolute atomic E-state index is 12.1. The third-order valence-corrected chi connectivity index (χ3v) is 3.04. The molecule has 0 atom stereocenters. The van der Waals surface area contributed by atoms with Gasteiger partial charge in [-0.2, -0.15) is 13.2 Å². The molecule has 0 radical (unpaired) electrons. The number of rotatable bonds is 2. The molecule has 0 unspecified atom stereocenters. The summed E-state index contributed by atoms with van der Waals surface area (Å²) in [7, 11) is 1.58. The van der Waals surface area contributed by atoms with Gasteiger partial charge in [0.15, 0.2) is 0 Å². The summed E-state index contributed by atoms with van der Waals surface area (Å²) in [4.78, 5) is 1.45. The summed E-state index contributed by atoms with van der Waals surface area (Å²) in [5.41, 5.74) is 0. The molecule has 1 saturated carbocycles. The van der Waals surface area contributed by atoms with Crippen molar-refractivity contribution >= 4 is 0 Å². The summed E-state index contributed by atoms with van der Waals surface area (Å²) >= 11 is 0. The van der Waals surface area contributed by atoms with Crippen LogP contribution in [0.1, 0.15) is 32.6 Å². The summed E-state index contributed by atoms with van der Waals surface area (Å²) in [5.74, 6) is 0.686. The van der Waals surface area contributed by atoms with E-state index < -0.39 is 12.7 Å². The standard InChI is InChI=1S/C10H18F3N/c1-8-3-5-9(6-4-8)14(2)7-10(11,12)13/h8-9H,3-7H2,1-2H3. The van der Waals surface area contributed by atoms with Crippen LogP contribution in [0.4, 0.5) is 13.2 Å². The monoisotopic (exact) mass is 209 g/mol. The molecule has 1 nitrogen and oxygen atoms in total. The molecule has 0 bridgehead atoms. The van der Waals surface area contributed by atoms with Gasteiger partial charge in [-0.25, -0.2) is 0 Å². The first-order valence-corrected chi connectivity index (χ1v) is 5.15. The molecule has 0 aromatic heterocycles. The fourth-order valence-corrected chi connectivity index (χ4v) is 2.10. The Morgan fingerprint density at radius 2 is 1.64 bits per heavy atom. The summed E-state index contributed by atoms with van der Waals surface area (Å²) in [6.45, 7) is 1.39. The average Bonchev–Trinajstić information content (AvgIpc) is 2.02. The van der Waals surface area contributed by atoms with E-state index >= 15 is 0 Å². The fraction of sp³-hybridized carbons (Fsp3) is 1.00. The second-order valence-electron chi connectivity index (χ2n) is 4.44. The van der Waals surface area contributed by atoms with Gasteiger partial charge in [-0.1, -0.05) is 6.92 Å². The fourth-order valence-electron chi connectivity index (χ4n) is 2.10. The van der Waals surface area contributed by atoms with Crippen LogP contribution in [0.2, 0.25) is 0 Å². The van der Waals surface area contributed by atoms with Gasteiger partial charge in [-0.05, 0) is 38.6 Å². The van der Waals surface area contributed by atoms with Gasteiger partial charge < -0.3 is 0 Å². The SMILES string of the molecule is CC1CCC(N(C)CC(F)(F)F)CC1. The normalized spacial score (nSPS) is 29.6. The summed E-state index contributed by atoms with van der Waals surface area (Å²) in [6, 6.07) is 0.132. The molecule has 0 amide bonds. The molecule has 4 heteroatoms. The van der Waals surface area contributed by atoms with Crippen LogP contribution in [0.5, 0.6) is 0 Å². The molecule has 0 spiro atoms. The molecule has 0 aliphatic heterocycles. The van der Waals surface area contributed by atoms with Crippen LogP contribution < -0.4 is 0 Å². The molecule has 84 valence electrons. The largest absolute Gasteiger partial charge is 0.401 e. The second-order valence-corrected chi connectivity index (χ2v) is 4.44. The van der Waals surface area contributed by atoms with Crippen molar-refractivity contribution in [3.63, 3.8) is 0 Å². The van der Waals surface area contributed by atoms with Gasteiger partial charge in [0.2, 0.25) is 0 Å². The minimum Gasteiger partial charge on any atom is -0.295 e. The van der Waals surface area contributed by atoms with Gasteiger partial charge in [0.25, 0.3) is 0 Å². The minimum absolute atomic E-state index is 0.132. The van der Waals surface area contributed by atoms with Gasteiger partial charge in [0, 0.05) is 6.04 Å². The highest BCUT2D eigenvalue weighted by Gasteiger charge is 2.32. The highest BCUT2D eigenvalue weighted by atomic mass is 19.4. The van der Waals surface area contributed by atoms with Crippen LogP contribution in [0.15, 0.2) is 0 Å². The van der Waals surface area contributed by atoms with Gasteiger partial charge in [-0.15, -0.1) is 0 Å². The lowest BCUT2D eigenvalue weighted by molar-refractivity contribution is -0.148. The lowest BCUT2D eigenvalue weighted by Gasteiger charge is -2.33. The van der Waals surface area contributed by atoms with E-state index in [4.69, 9.17) is 0 Å². The van der Waals surface area contributed by atoms with Crippen molar-refractivity contribution in [2.24, 2.45) is 5.92 Å². The van der Waals surface area contributed by atoms with Gasteiger partial charge >= 0.3 is 6.18 Å². The first kappa shape index (κ1) is 11.8. The molecular weight excluding hydrogens is 191 g/mol. The number of halogens is 3. The van der Waals surface area contributed by atoms with Crippen LogP contribution >= 0.6 is 0 Å². The quantitative estimate of drug-likeness (QED) is 0.675. The Kier molecular flexibility index (Phi) is 3.81. The van der Waals surface area contributed by atoms with Crippen LogP contribution in [-0.4, -0.2) is 30.7 Å². The zero-order valence-electron chi connectivity index (χ0n) is 8.77. The molecule has 1 fully saturated rings. The maximum atomic E-state index is 12.1. The molecule has 0 aromatic rings. The highest BCUT2D eigenvalue weighted by Crippen LogP contribution is 2.28. The Morgan fingerprint density at radius 3 is 2.07 bits per heavy atom. The molecule has 1 aliphatic carbocycles. The van der Waals surface area contributed by atoms with Gasteiger partial charge in [0.05, 0.1) is 6.54 Å². The zero-order valence-corrected chi connectivity index (χ0v) is 8.77. The van der Waals surface area contributed by atoms with E-state index in [1.165, 1.54) is 4.90 Å². The van der Waals surface area contributed by atoms with Crippen molar-refractivity contribution in [3.8, 4) is 0 Å². The number of hydrogen-bond acceptors (Lipinski definition) is 1. The van der Waals surface area contributed by atoms with E-state index in [0.717, 1.165) is 25.7 Å². The number of alkyl halides is 3. The molecule has 1 rings (SSSR count). The molecule has 0 saturated heterocycles. The lowest BCUT2D eigenvalue weighted by Crippen LogP contribution is -2.40. The van der Waals surface area contributed by atoms with E-state index in [-0.39, 0.29) is 6.04 Å². The maximum Gasteiger partial charge on any atom is 0.401 e. The van der Waals surface area contributed by atoms with E-state index in [9.17, 15) is 13.2 Å². The van der Waals surface area contributed by atoms with Crippen molar-refractivity contribution in [2.75, 3.05) is 13.6 Å². The first-order valence-electron chi connectivity index (χ1n) is 5.15. The Bertz CT molecular complexity index is 171. The van der Waals surface area contributed by atoms with E-state index in [0.29, 0.717) is 5.92 Å². The topological polar surface area (TPSA) is 3.24 Å². The average molecular weight is 209 g/mol. The van der Waals surface area contributed by atoms with Crippen molar-refractivity contribution in [1.29, 1.82) is 0 Å². The molecule has 14 heavy (non-hydrogen) atoms. The van der Waals surface area contributed by atoms with Crippen LogP contribution in [0, 0.1) is 5.92 Å². The summed E-state index contributed by atoms with van der Waals surface area (Å²) in [5, 5.41) is 0. The molecule has 0 heterocycles. The van der Waals surface area contributed by atoms with E-state index in [1.54, 1.807) is 7.05 Å². The molecule has 1 aliphatic rings. The van der Waals surface area contributed by atoms with Gasteiger partial charge in [-0.3, -0.25) is 4.90 Å². The Morgan fingerprint density at radius 1 is 1.14 bits per heavy atom. The van der Waals surface area contributed by atoms with Crippen molar-refractivity contribution in [1.82, 2.24) is 4.90 Å². The predicted molar refractivity (Wildman–Crippen MR) is 50.1 cm³/mol. The number of nitrogens with zero attached hydrogens (tertiary/aromatic N) is 1. The Balaban J connectivity index is 2.34. The summed E-state index contributed by atoms with van der Waals surface area (Å²) < 4.78 is 36.3.